The third-order valence-electron chi connectivity index (χ3n) is 4.25. The van der Waals surface area contributed by atoms with Gasteiger partial charge in [0.2, 0.25) is 0 Å². The Morgan fingerprint density at radius 3 is 2.53 bits per heavy atom. The summed E-state index contributed by atoms with van der Waals surface area (Å²) in [6, 6.07) is 11.0. The fourth-order valence-corrected chi connectivity index (χ4v) is 3.90. The number of hydrogen-bond acceptors (Lipinski definition) is 7. The van der Waals surface area contributed by atoms with E-state index in [-0.39, 0.29) is 10.1 Å². The summed E-state index contributed by atoms with van der Waals surface area (Å²) in [4.78, 5) is 36.5. The normalized spacial score (nSPS) is 15.6. The molecule has 32 heavy (non-hydrogen) atoms. The number of carbonyl (C=O) groups excluding carboxylic acids is 2. The second kappa shape index (κ2) is 10.0. The predicted molar refractivity (Wildman–Crippen MR) is 125 cm³/mol. The van der Waals surface area contributed by atoms with Gasteiger partial charge in [-0.2, -0.15) is 5.01 Å². The number of nitrogens with one attached hydrogen (secondary N) is 1. The van der Waals surface area contributed by atoms with Gasteiger partial charge in [-0.25, -0.2) is 4.79 Å². The number of nitrogens with zero attached hydrogens (tertiary/aromatic N) is 1. The van der Waals surface area contributed by atoms with Crippen molar-refractivity contribution < 1.29 is 29.0 Å². The Morgan fingerprint density at radius 1 is 1.22 bits per heavy atom. The van der Waals surface area contributed by atoms with E-state index in [1.54, 1.807) is 36.4 Å². The third kappa shape index (κ3) is 5.39. The van der Waals surface area contributed by atoms with Crippen molar-refractivity contribution in [1.82, 2.24) is 10.4 Å². The van der Waals surface area contributed by atoms with Crippen molar-refractivity contribution in [2.24, 2.45) is 0 Å². The van der Waals surface area contributed by atoms with Crippen LogP contribution < -0.4 is 14.9 Å². The van der Waals surface area contributed by atoms with Crippen LogP contribution in [0.4, 0.5) is 0 Å². The zero-order valence-electron chi connectivity index (χ0n) is 16.8. The van der Waals surface area contributed by atoms with E-state index in [0.29, 0.717) is 26.8 Å². The molecule has 1 aliphatic heterocycles. The zero-order valence-corrected chi connectivity index (χ0v) is 19.2. The number of aliphatic carboxylic acids is 1. The fourth-order valence-electron chi connectivity index (χ4n) is 2.59. The minimum absolute atomic E-state index is 0.172. The lowest BCUT2D eigenvalue weighted by molar-refractivity contribution is -0.144. The molecule has 0 aliphatic carbocycles. The molecule has 166 valence electrons. The van der Waals surface area contributed by atoms with Gasteiger partial charge in [-0.1, -0.05) is 29.4 Å². The van der Waals surface area contributed by atoms with E-state index in [9.17, 15) is 14.4 Å². The molecule has 1 atom stereocenters. The molecular weight excluding hydrogens is 476 g/mol. The number of carbonyl (C=O) groups is 3. The molecule has 1 fully saturated rings. The van der Waals surface area contributed by atoms with Gasteiger partial charge in [-0.3, -0.25) is 15.0 Å². The zero-order chi connectivity index (χ0) is 23.4. The molecule has 2 N–H and O–H groups in total. The highest BCUT2D eigenvalue weighted by Crippen LogP contribution is 2.34. The van der Waals surface area contributed by atoms with Gasteiger partial charge in [-0.15, -0.1) is 0 Å². The largest absolute Gasteiger partial charge is 0.493 e. The maximum Gasteiger partial charge on any atom is 0.344 e. The molecule has 2 amide bonds. The standard InChI is InChI=1S/C21H17ClN2O6S2/c1-11(20(27)28)30-15-8-3-12(9-16(15)29-2)10-17-19(26)24(21(31)32-17)23-18(25)13-4-6-14(22)7-5-13/h3-11H,1-2H3,(H,23,25)(H,27,28)/b17-10+. The summed E-state index contributed by atoms with van der Waals surface area (Å²) in [6.45, 7) is 1.40. The summed E-state index contributed by atoms with van der Waals surface area (Å²) in [5.41, 5.74) is 3.41. The summed E-state index contributed by atoms with van der Waals surface area (Å²) >= 11 is 12.1. The van der Waals surface area contributed by atoms with Crippen molar-refractivity contribution in [1.29, 1.82) is 0 Å². The Morgan fingerprint density at radius 2 is 1.91 bits per heavy atom. The maximum atomic E-state index is 12.8. The number of benzene rings is 2. The Hall–Kier alpha value is -3.08. The SMILES string of the molecule is COc1cc(/C=C2/SC(=S)N(NC(=O)c3ccc(Cl)cc3)C2=O)ccc1OC(C)C(=O)O. The molecule has 1 unspecified atom stereocenters. The highest BCUT2D eigenvalue weighted by molar-refractivity contribution is 8.26. The van der Waals surface area contributed by atoms with Gasteiger partial charge in [0.1, 0.15) is 0 Å². The molecule has 2 aromatic rings. The quantitative estimate of drug-likeness (QED) is 0.445. The lowest BCUT2D eigenvalue weighted by Gasteiger charge is -2.15. The molecule has 1 saturated heterocycles. The number of carboxylic acids is 1. The number of hydrazine groups is 1. The van der Waals surface area contributed by atoms with Crippen LogP contribution in [0, 0.1) is 0 Å². The molecule has 0 aromatic heterocycles. The molecule has 11 heteroatoms. The molecule has 8 nitrogen and oxygen atoms in total. The van der Waals surface area contributed by atoms with Gasteiger partial charge < -0.3 is 14.6 Å². The highest BCUT2D eigenvalue weighted by atomic mass is 35.5. The number of thiocarbonyl (C=S) groups is 1. The molecule has 0 radical (unpaired) electrons. The minimum atomic E-state index is -1.11. The average molecular weight is 493 g/mol. The van der Waals surface area contributed by atoms with E-state index in [2.05, 4.69) is 5.43 Å². The summed E-state index contributed by atoms with van der Waals surface area (Å²) in [7, 11) is 1.42. The van der Waals surface area contributed by atoms with Crippen molar-refractivity contribution in [3.63, 3.8) is 0 Å². The fraction of sp³-hybridized carbons (Fsp3) is 0.143. The Bertz CT molecular complexity index is 1120. The number of thioether (sulfide) groups is 1. The lowest BCUT2D eigenvalue weighted by Crippen LogP contribution is -2.44. The first kappa shape index (κ1) is 23.6. The van der Waals surface area contributed by atoms with Crippen LogP contribution in [0.15, 0.2) is 47.4 Å². The first-order valence-electron chi connectivity index (χ1n) is 9.11. The van der Waals surface area contributed by atoms with E-state index in [0.717, 1.165) is 16.8 Å². The Labute approximate surface area is 198 Å². The maximum absolute atomic E-state index is 12.8. The number of methoxy groups -OCH3 is 1. The topological polar surface area (TPSA) is 105 Å². The van der Waals surface area contributed by atoms with Crippen LogP contribution in [0.3, 0.4) is 0 Å². The third-order valence-corrected chi connectivity index (χ3v) is 5.80. The van der Waals surface area contributed by atoms with Gasteiger partial charge >= 0.3 is 5.97 Å². The lowest BCUT2D eigenvalue weighted by atomic mass is 10.2. The van der Waals surface area contributed by atoms with Gasteiger partial charge in [0.15, 0.2) is 21.9 Å². The van der Waals surface area contributed by atoms with Crippen molar-refractivity contribution in [3.05, 3.63) is 63.5 Å². The van der Waals surface area contributed by atoms with Crippen LogP contribution in [-0.2, 0) is 9.59 Å². The van der Waals surface area contributed by atoms with Gasteiger partial charge in [-0.05, 0) is 67.2 Å². The van der Waals surface area contributed by atoms with Crippen molar-refractivity contribution >= 4 is 63.8 Å². The van der Waals surface area contributed by atoms with Crippen LogP contribution in [0.25, 0.3) is 6.08 Å². The van der Waals surface area contributed by atoms with E-state index in [1.165, 1.54) is 26.2 Å². The summed E-state index contributed by atoms with van der Waals surface area (Å²) < 4.78 is 10.8. The predicted octanol–water partition coefficient (Wildman–Crippen LogP) is 3.75. The highest BCUT2D eigenvalue weighted by Gasteiger charge is 2.33. The molecule has 1 heterocycles. The summed E-state index contributed by atoms with van der Waals surface area (Å²) in [5.74, 6) is -1.54. The first-order chi connectivity index (χ1) is 15.2. The van der Waals surface area contributed by atoms with Crippen LogP contribution >= 0.6 is 35.6 Å². The van der Waals surface area contributed by atoms with Crippen molar-refractivity contribution in [2.45, 2.75) is 13.0 Å². The number of rotatable bonds is 7. The summed E-state index contributed by atoms with van der Waals surface area (Å²) in [6.07, 6.45) is 0.524. The Kier molecular flexibility index (Phi) is 7.39. The van der Waals surface area contributed by atoms with E-state index < -0.39 is 23.9 Å². The Balaban J connectivity index is 1.77. The monoisotopic (exact) mass is 492 g/mol. The van der Waals surface area contributed by atoms with Crippen LogP contribution in [-0.4, -0.2) is 45.4 Å². The van der Waals surface area contributed by atoms with Crippen molar-refractivity contribution in [3.8, 4) is 11.5 Å². The van der Waals surface area contributed by atoms with Crippen LogP contribution in [0.2, 0.25) is 5.02 Å². The van der Waals surface area contributed by atoms with Gasteiger partial charge in [0.05, 0.1) is 12.0 Å². The number of carboxylic acid groups (broad SMARTS) is 1. The second-order valence-corrected chi connectivity index (χ2v) is 8.59. The minimum Gasteiger partial charge on any atom is -0.493 e. The van der Waals surface area contributed by atoms with E-state index in [4.69, 9.17) is 38.4 Å². The molecule has 1 aliphatic rings. The molecule has 0 bridgehead atoms. The van der Waals surface area contributed by atoms with Gasteiger partial charge in [0, 0.05) is 10.6 Å². The summed E-state index contributed by atoms with van der Waals surface area (Å²) in [5, 5.41) is 10.5. The van der Waals surface area contributed by atoms with Crippen LogP contribution in [0.1, 0.15) is 22.8 Å². The molecular formula is C21H17ClN2O6S2. The number of halogens is 1. The molecule has 3 rings (SSSR count). The second-order valence-electron chi connectivity index (χ2n) is 6.47. The van der Waals surface area contributed by atoms with Gasteiger partial charge in [0.25, 0.3) is 11.8 Å². The van der Waals surface area contributed by atoms with Crippen LogP contribution in [0.5, 0.6) is 11.5 Å². The molecule has 2 aromatic carbocycles. The smallest absolute Gasteiger partial charge is 0.344 e. The number of amides is 2. The molecule has 0 spiro atoms. The first-order valence-corrected chi connectivity index (χ1v) is 10.7. The number of ether oxygens (including phenoxy) is 2. The van der Waals surface area contributed by atoms with E-state index >= 15 is 0 Å². The average Bonchev–Trinajstić information content (AvgIpc) is 3.02. The molecule has 0 saturated carbocycles. The number of hydrogen-bond donors (Lipinski definition) is 2. The van der Waals surface area contributed by atoms with Crippen molar-refractivity contribution in [2.75, 3.05) is 7.11 Å². The van der Waals surface area contributed by atoms with E-state index in [1.807, 2.05) is 0 Å².